The number of ether oxygens (including phenoxy) is 1. The van der Waals surface area contributed by atoms with Crippen molar-refractivity contribution >= 4 is 17.8 Å². The van der Waals surface area contributed by atoms with Gasteiger partial charge in [0, 0.05) is 34.3 Å². The summed E-state index contributed by atoms with van der Waals surface area (Å²) in [5.74, 6) is 1.99. The highest BCUT2D eigenvalue weighted by Gasteiger charge is 2.23. The third-order valence-corrected chi connectivity index (χ3v) is 3.31. The van der Waals surface area contributed by atoms with Crippen LogP contribution in [0.15, 0.2) is 0 Å². The first-order valence-electron chi connectivity index (χ1n) is 7.09. The average Bonchev–Trinajstić information content (AvgIpc) is 2.98. The molecular weight excluding hydrogens is 256 g/mol. The quantitative estimate of drug-likeness (QED) is 0.833. The molecule has 0 radical (unpaired) electrons. The van der Waals surface area contributed by atoms with Crippen LogP contribution in [0.1, 0.15) is 19.8 Å². The van der Waals surface area contributed by atoms with Crippen molar-refractivity contribution in [1.82, 2.24) is 15.0 Å². The summed E-state index contributed by atoms with van der Waals surface area (Å²) in [5, 5.41) is 3.23. The Morgan fingerprint density at radius 2 is 1.95 bits per heavy atom. The number of hydrogen-bond donors (Lipinski definition) is 1. The predicted molar refractivity (Wildman–Crippen MR) is 80.6 cm³/mol. The van der Waals surface area contributed by atoms with Gasteiger partial charge >= 0.3 is 0 Å². The van der Waals surface area contributed by atoms with Crippen LogP contribution in [0, 0.1) is 0 Å². The van der Waals surface area contributed by atoms with Gasteiger partial charge in [-0.1, -0.05) is 6.92 Å². The Kier molecular flexibility index (Phi) is 4.94. The fourth-order valence-corrected chi connectivity index (χ4v) is 2.02. The second-order valence-electron chi connectivity index (χ2n) is 5.21. The normalized spacial score (nSPS) is 18.1. The van der Waals surface area contributed by atoms with E-state index in [9.17, 15) is 0 Å². The van der Waals surface area contributed by atoms with Crippen LogP contribution < -0.4 is 15.1 Å². The van der Waals surface area contributed by atoms with E-state index in [1.165, 1.54) is 0 Å². The lowest BCUT2D eigenvalue weighted by Gasteiger charge is -2.24. The van der Waals surface area contributed by atoms with E-state index in [1.807, 2.05) is 26.0 Å². The molecule has 0 saturated carbocycles. The molecule has 1 aromatic rings. The molecule has 1 aromatic heterocycles. The Morgan fingerprint density at radius 3 is 2.55 bits per heavy atom. The highest BCUT2D eigenvalue weighted by Crippen LogP contribution is 2.19. The minimum atomic E-state index is 0.339. The van der Waals surface area contributed by atoms with E-state index in [0.717, 1.165) is 32.6 Å². The summed E-state index contributed by atoms with van der Waals surface area (Å²) >= 11 is 0. The summed E-state index contributed by atoms with van der Waals surface area (Å²) in [5.41, 5.74) is 0. The Labute approximate surface area is 120 Å². The Balaban J connectivity index is 2.23. The van der Waals surface area contributed by atoms with E-state index in [1.54, 1.807) is 0 Å². The van der Waals surface area contributed by atoms with Gasteiger partial charge in [-0.25, -0.2) is 0 Å². The zero-order valence-corrected chi connectivity index (χ0v) is 12.8. The molecule has 7 nitrogen and oxygen atoms in total. The molecule has 0 spiro atoms. The molecule has 0 aromatic carbocycles. The molecule has 1 fully saturated rings. The number of nitrogens with one attached hydrogen (secondary N) is 1. The third kappa shape index (κ3) is 3.47. The molecule has 1 saturated heterocycles. The van der Waals surface area contributed by atoms with Crippen molar-refractivity contribution < 1.29 is 4.74 Å². The second kappa shape index (κ2) is 6.69. The Hall–Kier alpha value is -1.63. The fraction of sp³-hybridized carbons (Fsp3) is 0.769. The van der Waals surface area contributed by atoms with Gasteiger partial charge in [0.2, 0.25) is 17.8 Å². The molecule has 1 aliphatic rings. The highest BCUT2D eigenvalue weighted by atomic mass is 16.5. The SMILES string of the molecule is CCCNc1nc(N(C)C)nc(N(C)C2CCOC2)n1. The smallest absolute Gasteiger partial charge is 0.232 e. The summed E-state index contributed by atoms with van der Waals surface area (Å²) in [4.78, 5) is 17.4. The molecule has 1 N–H and O–H groups in total. The maximum Gasteiger partial charge on any atom is 0.232 e. The first kappa shape index (κ1) is 14.8. The van der Waals surface area contributed by atoms with Gasteiger partial charge in [0.15, 0.2) is 0 Å². The predicted octanol–water partition coefficient (Wildman–Crippen LogP) is 0.985. The summed E-state index contributed by atoms with van der Waals surface area (Å²) < 4.78 is 5.43. The van der Waals surface area contributed by atoms with Crippen LogP contribution in [0.2, 0.25) is 0 Å². The first-order chi connectivity index (χ1) is 9.61. The lowest BCUT2D eigenvalue weighted by atomic mass is 10.2. The molecule has 0 bridgehead atoms. The standard InChI is InChI=1S/C13H24N6O/c1-5-7-14-11-15-12(18(2)3)17-13(16-11)19(4)10-6-8-20-9-10/h10H,5-9H2,1-4H3,(H,14,15,16,17). The maximum atomic E-state index is 5.43. The van der Waals surface area contributed by atoms with Crippen molar-refractivity contribution in [2.24, 2.45) is 0 Å². The van der Waals surface area contributed by atoms with Crippen LogP contribution in [0.5, 0.6) is 0 Å². The average molecular weight is 280 g/mol. The van der Waals surface area contributed by atoms with E-state index in [-0.39, 0.29) is 0 Å². The van der Waals surface area contributed by atoms with Gasteiger partial charge in [-0.05, 0) is 12.8 Å². The van der Waals surface area contributed by atoms with E-state index < -0.39 is 0 Å². The molecule has 20 heavy (non-hydrogen) atoms. The molecule has 1 atom stereocenters. The van der Waals surface area contributed by atoms with E-state index >= 15 is 0 Å². The topological polar surface area (TPSA) is 66.4 Å². The minimum Gasteiger partial charge on any atom is -0.379 e. The van der Waals surface area contributed by atoms with Gasteiger partial charge < -0.3 is 19.9 Å². The molecule has 0 amide bonds. The largest absolute Gasteiger partial charge is 0.379 e. The van der Waals surface area contributed by atoms with Crippen LogP contribution in [0.4, 0.5) is 17.8 Å². The minimum absolute atomic E-state index is 0.339. The van der Waals surface area contributed by atoms with Crippen molar-refractivity contribution in [3.8, 4) is 0 Å². The summed E-state index contributed by atoms with van der Waals surface area (Å²) in [6, 6.07) is 0.339. The first-order valence-corrected chi connectivity index (χ1v) is 7.09. The van der Waals surface area contributed by atoms with Crippen LogP contribution in [-0.4, -0.2) is 61.9 Å². The van der Waals surface area contributed by atoms with Gasteiger partial charge in [0.1, 0.15) is 0 Å². The Bertz CT molecular complexity index is 433. The van der Waals surface area contributed by atoms with Crippen molar-refractivity contribution in [3.05, 3.63) is 0 Å². The van der Waals surface area contributed by atoms with Crippen LogP contribution in [0.3, 0.4) is 0 Å². The monoisotopic (exact) mass is 280 g/mol. The number of anilines is 3. The Morgan fingerprint density at radius 1 is 1.20 bits per heavy atom. The highest BCUT2D eigenvalue weighted by molar-refractivity contribution is 5.44. The number of hydrogen-bond acceptors (Lipinski definition) is 7. The molecule has 112 valence electrons. The summed E-state index contributed by atoms with van der Waals surface area (Å²) in [7, 11) is 5.88. The molecular formula is C13H24N6O. The van der Waals surface area contributed by atoms with Crippen molar-refractivity contribution in [2.75, 3.05) is 56.0 Å². The molecule has 2 rings (SSSR count). The van der Waals surface area contributed by atoms with Gasteiger partial charge in [-0.15, -0.1) is 0 Å². The molecule has 7 heteroatoms. The summed E-state index contributed by atoms with van der Waals surface area (Å²) in [6.07, 6.45) is 2.04. The molecule has 0 aliphatic carbocycles. The lowest BCUT2D eigenvalue weighted by Crippen LogP contribution is -2.34. The second-order valence-corrected chi connectivity index (χ2v) is 5.21. The van der Waals surface area contributed by atoms with Crippen LogP contribution >= 0.6 is 0 Å². The third-order valence-electron chi connectivity index (χ3n) is 3.31. The van der Waals surface area contributed by atoms with Crippen LogP contribution in [0.25, 0.3) is 0 Å². The van der Waals surface area contributed by atoms with E-state index in [0.29, 0.717) is 23.9 Å². The van der Waals surface area contributed by atoms with Gasteiger partial charge in [-0.2, -0.15) is 15.0 Å². The summed E-state index contributed by atoms with van der Waals surface area (Å²) in [6.45, 7) is 4.51. The molecule has 2 heterocycles. The van der Waals surface area contributed by atoms with Crippen molar-refractivity contribution in [3.63, 3.8) is 0 Å². The van der Waals surface area contributed by atoms with Crippen molar-refractivity contribution in [1.29, 1.82) is 0 Å². The zero-order chi connectivity index (χ0) is 14.5. The number of likely N-dealkylation sites (N-methyl/N-ethyl adjacent to an activating group) is 1. The molecule has 1 aliphatic heterocycles. The zero-order valence-electron chi connectivity index (χ0n) is 12.8. The van der Waals surface area contributed by atoms with E-state index in [2.05, 4.69) is 32.1 Å². The molecule has 1 unspecified atom stereocenters. The van der Waals surface area contributed by atoms with Gasteiger partial charge in [0.25, 0.3) is 0 Å². The number of rotatable bonds is 6. The van der Waals surface area contributed by atoms with Crippen LogP contribution in [-0.2, 0) is 4.74 Å². The fourth-order valence-electron chi connectivity index (χ4n) is 2.02. The lowest BCUT2D eigenvalue weighted by molar-refractivity contribution is 0.193. The van der Waals surface area contributed by atoms with Gasteiger partial charge in [-0.3, -0.25) is 0 Å². The number of nitrogens with zero attached hydrogens (tertiary/aromatic N) is 5. The van der Waals surface area contributed by atoms with E-state index in [4.69, 9.17) is 4.74 Å². The maximum absolute atomic E-state index is 5.43. The van der Waals surface area contributed by atoms with Crippen molar-refractivity contribution in [2.45, 2.75) is 25.8 Å². The number of aromatic nitrogens is 3. The van der Waals surface area contributed by atoms with Gasteiger partial charge in [0.05, 0.1) is 12.6 Å².